The molecule has 1 aliphatic rings. The molecule has 96 valence electrons. The van der Waals surface area contributed by atoms with Gasteiger partial charge in [-0.15, -0.1) is 0 Å². The molecule has 6 heteroatoms. The second kappa shape index (κ2) is 4.72. The Balaban J connectivity index is 1.97. The lowest BCUT2D eigenvalue weighted by atomic mass is 10.1. The Morgan fingerprint density at radius 1 is 1.26 bits per heavy atom. The molecule has 19 heavy (non-hydrogen) atoms. The van der Waals surface area contributed by atoms with Crippen LogP contribution in [0.5, 0.6) is 0 Å². The molecule has 1 aliphatic heterocycles. The van der Waals surface area contributed by atoms with Crippen molar-refractivity contribution in [2.24, 2.45) is 0 Å². The Morgan fingerprint density at radius 2 is 2.11 bits per heavy atom. The average Bonchev–Trinajstić information content (AvgIpc) is 2.69. The third kappa shape index (κ3) is 2.25. The van der Waals surface area contributed by atoms with E-state index in [0.717, 1.165) is 11.3 Å². The van der Waals surface area contributed by atoms with E-state index in [2.05, 4.69) is 15.6 Å². The summed E-state index contributed by atoms with van der Waals surface area (Å²) in [5.74, 6) is -0.141. The van der Waals surface area contributed by atoms with E-state index in [0.29, 0.717) is 15.9 Å². The van der Waals surface area contributed by atoms with Crippen molar-refractivity contribution in [2.45, 2.75) is 6.04 Å². The lowest BCUT2D eigenvalue weighted by molar-refractivity contribution is -0.116. The number of fused-ring (bicyclic) bond motifs is 1. The van der Waals surface area contributed by atoms with E-state index in [4.69, 9.17) is 23.2 Å². The second-order valence-corrected chi connectivity index (χ2v) is 4.93. The number of hydrogen-bond acceptors (Lipinski definition) is 3. The molecule has 0 aliphatic carbocycles. The van der Waals surface area contributed by atoms with Gasteiger partial charge in [0.2, 0.25) is 0 Å². The number of amides is 1. The summed E-state index contributed by atoms with van der Waals surface area (Å²) < 4.78 is 0. The van der Waals surface area contributed by atoms with Gasteiger partial charge in [-0.25, -0.2) is 4.98 Å². The molecule has 0 spiro atoms. The first-order chi connectivity index (χ1) is 9.15. The number of pyridine rings is 1. The molecule has 0 fully saturated rings. The summed E-state index contributed by atoms with van der Waals surface area (Å²) in [6, 6.07) is 8.28. The highest BCUT2D eigenvalue weighted by atomic mass is 35.5. The minimum atomic E-state index is -0.518. The fraction of sp³-hybridized carbons (Fsp3) is 0.0769. The molecule has 2 N–H and O–H groups in total. The monoisotopic (exact) mass is 293 g/mol. The topological polar surface area (TPSA) is 54.0 Å². The first kappa shape index (κ1) is 12.3. The molecule has 1 aromatic heterocycles. The highest BCUT2D eigenvalue weighted by Gasteiger charge is 2.31. The summed E-state index contributed by atoms with van der Waals surface area (Å²) in [4.78, 5) is 15.9. The van der Waals surface area contributed by atoms with Crippen LogP contribution in [0.2, 0.25) is 10.2 Å². The van der Waals surface area contributed by atoms with Crippen molar-refractivity contribution in [3.63, 3.8) is 0 Å². The van der Waals surface area contributed by atoms with Gasteiger partial charge in [-0.1, -0.05) is 23.2 Å². The summed E-state index contributed by atoms with van der Waals surface area (Å²) in [5, 5.41) is 6.78. The lowest BCUT2D eigenvalue weighted by Crippen LogP contribution is -2.19. The largest absolute Gasteiger partial charge is 0.367 e. The van der Waals surface area contributed by atoms with Gasteiger partial charge < -0.3 is 10.6 Å². The van der Waals surface area contributed by atoms with E-state index in [9.17, 15) is 4.79 Å². The fourth-order valence-corrected chi connectivity index (χ4v) is 2.38. The van der Waals surface area contributed by atoms with Crippen LogP contribution in [-0.2, 0) is 4.79 Å². The van der Waals surface area contributed by atoms with Gasteiger partial charge in [0.15, 0.2) is 5.15 Å². The number of halogens is 2. The molecule has 0 bridgehead atoms. The zero-order valence-electron chi connectivity index (χ0n) is 9.65. The van der Waals surface area contributed by atoms with Crippen LogP contribution < -0.4 is 10.6 Å². The molecule has 1 amide bonds. The van der Waals surface area contributed by atoms with Crippen molar-refractivity contribution < 1.29 is 4.79 Å². The molecule has 0 radical (unpaired) electrons. The molecule has 0 saturated heterocycles. The molecule has 3 rings (SSSR count). The molecule has 1 aromatic carbocycles. The van der Waals surface area contributed by atoms with Gasteiger partial charge in [0, 0.05) is 22.5 Å². The van der Waals surface area contributed by atoms with Crippen LogP contribution in [0.1, 0.15) is 11.6 Å². The maximum atomic E-state index is 12.0. The molecule has 1 unspecified atom stereocenters. The normalized spacial score (nSPS) is 16.9. The summed E-state index contributed by atoms with van der Waals surface area (Å²) in [6.45, 7) is 0. The van der Waals surface area contributed by atoms with Gasteiger partial charge in [0.05, 0.1) is 5.69 Å². The number of carbonyl (C=O) groups is 1. The number of anilines is 2. The first-order valence-electron chi connectivity index (χ1n) is 5.62. The van der Waals surface area contributed by atoms with Gasteiger partial charge in [0.25, 0.3) is 5.91 Å². The third-order valence-corrected chi connectivity index (χ3v) is 3.44. The van der Waals surface area contributed by atoms with Gasteiger partial charge in [-0.3, -0.25) is 4.79 Å². The van der Waals surface area contributed by atoms with Gasteiger partial charge in [0.1, 0.15) is 6.04 Å². The van der Waals surface area contributed by atoms with E-state index in [1.807, 2.05) is 0 Å². The van der Waals surface area contributed by atoms with Crippen LogP contribution in [0.25, 0.3) is 0 Å². The first-order valence-corrected chi connectivity index (χ1v) is 6.38. The SMILES string of the molecule is O=C1Nc2ccc(Cl)cc2C1Nc1cccnc1Cl. The summed E-state index contributed by atoms with van der Waals surface area (Å²) in [6.07, 6.45) is 1.59. The number of nitrogens with one attached hydrogen (secondary N) is 2. The number of hydrogen-bond donors (Lipinski definition) is 2. The summed E-state index contributed by atoms with van der Waals surface area (Å²) in [5.41, 5.74) is 2.17. The highest BCUT2D eigenvalue weighted by molar-refractivity contribution is 6.32. The number of aromatic nitrogens is 1. The van der Waals surface area contributed by atoms with E-state index < -0.39 is 6.04 Å². The van der Waals surface area contributed by atoms with Crippen molar-refractivity contribution in [3.05, 3.63) is 52.3 Å². The standard InChI is InChI=1S/C13H9Cl2N3O/c14-7-3-4-9-8(6-7)11(13(19)18-9)17-10-2-1-5-16-12(10)15/h1-6,11,17H,(H,18,19). The number of rotatable bonds is 2. The van der Waals surface area contributed by atoms with E-state index in [1.54, 1.807) is 36.5 Å². The minimum absolute atomic E-state index is 0.141. The molecular weight excluding hydrogens is 285 g/mol. The summed E-state index contributed by atoms with van der Waals surface area (Å²) >= 11 is 11.9. The molecular formula is C13H9Cl2N3O. The highest BCUT2D eigenvalue weighted by Crippen LogP contribution is 2.35. The Bertz CT molecular complexity index is 660. The van der Waals surface area contributed by atoms with Crippen molar-refractivity contribution >= 4 is 40.5 Å². The van der Waals surface area contributed by atoms with Crippen molar-refractivity contribution in [1.29, 1.82) is 0 Å². The zero-order chi connectivity index (χ0) is 13.4. The summed E-state index contributed by atoms with van der Waals surface area (Å²) in [7, 11) is 0. The van der Waals surface area contributed by atoms with Gasteiger partial charge in [-0.05, 0) is 30.3 Å². The van der Waals surface area contributed by atoms with Crippen LogP contribution in [0, 0.1) is 0 Å². The average molecular weight is 294 g/mol. The molecule has 2 heterocycles. The third-order valence-electron chi connectivity index (χ3n) is 2.90. The smallest absolute Gasteiger partial charge is 0.251 e. The van der Waals surface area contributed by atoms with Crippen molar-refractivity contribution in [1.82, 2.24) is 4.98 Å². The Kier molecular flexibility index (Phi) is 3.05. The van der Waals surface area contributed by atoms with Crippen molar-refractivity contribution in [2.75, 3.05) is 10.6 Å². The van der Waals surface area contributed by atoms with E-state index >= 15 is 0 Å². The number of carbonyl (C=O) groups excluding carboxylic acids is 1. The Morgan fingerprint density at radius 3 is 2.89 bits per heavy atom. The van der Waals surface area contributed by atoms with E-state index in [1.165, 1.54) is 0 Å². The minimum Gasteiger partial charge on any atom is -0.367 e. The van der Waals surface area contributed by atoms with E-state index in [-0.39, 0.29) is 5.91 Å². The molecule has 0 saturated carbocycles. The predicted molar refractivity (Wildman–Crippen MR) is 75.7 cm³/mol. The predicted octanol–water partition coefficient (Wildman–Crippen LogP) is 3.49. The van der Waals surface area contributed by atoms with Crippen LogP contribution in [0.4, 0.5) is 11.4 Å². The second-order valence-electron chi connectivity index (χ2n) is 4.14. The maximum Gasteiger partial charge on any atom is 0.251 e. The molecule has 4 nitrogen and oxygen atoms in total. The quantitative estimate of drug-likeness (QED) is 0.834. The molecule has 1 atom stereocenters. The zero-order valence-corrected chi connectivity index (χ0v) is 11.2. The van der Waals surface area contributed by atoms with Crippen LogP contribution in [0.3, 0.4) is 0 Å². The number of benzene rings is 1. The number of nitrogens with zero attached hydrogens (tertiary/aromatic N) is 1. The van der Waals surface area contributed by atoms with Crippen molar-refractivity contribution in [3.8, 4) is 0 Å². The van der Waals surface area contributed by atoms with Gasteiger partial charge in [-0.2, -0.15) is 0 Å². The Hall–Kier alpha value is -1.78. The molecule has 2 aromatic rings. The Labute approximate surface area is 119 Å². The fourth-order valence-electron chi connectivity index (χ4n) is 2.02. The van der Waals surface area contributed by atoms with Crippen LogP contribution in [-0.4, -0.2) is 10.9 Å². The van der Waals surface area contributed by atoms with Crippen LogP contribution in [0.15, 0.2) is 36.5 Å². The van der Waals surface area contributed by atoms with Crippen LogP contribution >= 0.6 is 23.2 Å². The lowest BCUT2D eigenvalue weighted by Gasteiger charge is -2.13. The van der Waals surface area contributed by atoms with Gasteiger partial charge >= 0.3 is 0 Å². The maximum absolute atomic E-state index is 12.0.